The third-order valence-electron chi connectivity index (χ3n) is 3.70. The van der Waals surface area contributed by atoms with E-state index >= 15 is 0 Å². The molecule has 0 bridgehead atoms. The van der Waals surface area contributed by atoms with Gasteiger partial charge in [0.2, 0.25) is 0 Å². The second kappa shape index (κ2) is 5.61. The second-order valence-corrected chi connectivity index (χ2v) is 6.66. The smallest absolute Gasteiger partial charge is 0.0897 e. The third kappa shape index (κ3) is 3.16. The molecule has 1 saturated carbocycles. The van der Waals surface area contributed by atoms with Crippen LogP contribution in [0.2, 0.25) is 5.02 Å². The molecule has 4 heteroatoms. The molecule has 1 fully saturated rings. The normalized spacial score (nSPS) is 22.2. The molecule has 2 nitrogen and oxygen atoms in total. The van der Waals surface area contributed by atoms with Gasteiger partial charge in [-0.25, -0.2) is 4.98 Å². The van der Waals surface area contributed by atoms with Gasteiger partial charge in [-0.3, -0.25) is 0 Å². The molecule has 1 heterocycles. The molecule has 0 radical (unpaired) electrons. The van der Waals surface area contributed by atoms with Gasteiger partial charge in [0.15, 0.2) is 0 Å². The van der Waals surface area contributed by atoms with Gasteiger partial charge >= 0.3 is 0 Å². The van der Waals surface area contributed by atoms with Crippen LogP contribution in [0, 0.1) is 6.92 Å². The van der Waals surface area contributed by atoms with E-state index in [1.54, 1.807) is 11.3 Å². The Bertz CT molecular complexity index is 561. The van der Waals surface area contributed by atoms with Gasteiger partial charge in [0.25, 0.3) is 0 Å². The number of rotatable bonds is 4. The van der Waals surface area contributed by atoms with E-state index in [-0.39, 0.29) is 0 Å². The number of benzene rings is 1. The molecule has 3 rings (SSSR count). The van der Waals surface area contributed by atoms with Crippen LogP contribution in [0.4, 0.5) is 0 Å². The summed E-state index contributed by atoms with van der Waals surface area (Å²) in [6.07, 6.45) is 2.40. The maximum absolute atomic E-state index is 6.03. The summed E-state index contributed by atoms with van der Waals surface area (Å²) in [5.74, 6) is 0.661. The molecule has 1 aromatic heterocycles. The van der Waals surface area contributed by atoms with Crippen molar-refractivity contribution >= 4 is 22.9 Å². The van der Waals surface area contributed by atoms with Crippen molar-refractivity contribution in [3.63, 3.8) is 0 Å². The predicted molar refractivity (Wildman–Crippen MR) is 80.9 cm³/mol. The number of aryl methyl sites for hydroxylation is 1. The number of hydrogen-bond acceptors (Lipinski definition) is 3. The fourth-order valence-electron chi connectivity index (χ4n) is 2.56. The zero-order valence-corrected chi connectivity index (χ0v) is 12.5. The number of aromatic nitrogens is 1. The Morgan fingerprint density at radius 2 is 2.26 bits per heavy atom. The van der Waals surface area contributed by atoms with Crippen LogP contribution < -0.4 is 5.32 Å². The van der Waals surface area contributed by atoms with Crippen molar-refractivity contribution < 1.29 is 0 Å². The quantitative estimate of drug-likeness (QED) is 0.916. The molecule has 19 heavy (non-hydrogen) atoms. The van der Waals surface area contributed by atoms with Crippen molar-refractivity contribution in [1.29, 1.82) is 0 Å². The lowest BCUT2D eigenvalue weighted by molar-refractivity contribution is 0.289. The number of thiazole rings is 1. The lowest BCUT2D eigenvalue weighted by Crippen LogP contribution is -2.39. The van der Waals surface area contributed by atoms with E-state index in [2.05, 4.69) is 27.8 Å². The Morgan fingerprint density at radius 3 is 2.95 bits per heavy atom. The molecule has 0 spiro atoms. The average Bonchev–Trinajstić information content (AvgIpc) is 2.73. The van der Waals surface area contributed by atoms with Crippen LogP contribution in [-0.4, -0.2) is 11.0 Å². The van der Waals surface area contributed by atoms with Crippen molar-refractivity contribution in [1.82, 2.24) is 10.3 Å². The molecule has 0 amide bonds. The van der Waals surface area contributed by atoms with Gasteiger partial charge in [-0.1, -0.05) is 23.7 Å². The summed E-state index contributed by atoms with van der Waals surface area (Å²) < 4.78 is 0. The molecule has 0 saturated heterocycles. The highest BCUT2D eigenvalue weighted by molar-refractivity contribution is 7.09. The topological polar surface area (TPSA) is 24.9 Å². The van der Waals surface area contributed by atoms with Crippen LogP contribution in [0.1, 0.15) is 35.0 Å². The minimum Gasteiger partial charge on any atom is -0.308 e. The lowest BCUT2D eigenvalue weighted by Gasteiger charge is -2.36. The van der Waals surface area contributed by atoms with Gasteiger partial charge < -0.3 is 5.32 Å². The van der Waals surface area contributed by atoms with Gasteiger partial charge in [0, 0.05) is 23.0 Å². The van der Waals surface area contributed by atoms with E-state index in [1.807, 2.05) is 19.1 Å². The third-order valence-corrected chi connectivity index (χ3v) is 4.75. The van der Waals surface area contributed by atoms with E-state index in [1.165, 1.54) is 18.4 Å². The first kappa shape index (κ1) is 13.1. The van der Waals surface area contributed by atoms with E-state index in [4.69, 9.17) is 11.6 Å². The minimum absolute atomic E-state index is 0.617. The fourth-order valence-corrected chi connectivity index (χ4v) is 3.37. The van der Waals surface area contributed by atoms with Crippen LogP contribution in [0.3, 0.4) is 0 Å². The van der Waals surface area contributed by atoms with Gasteiger partial charge in [-0.2, -0.15) is 0 Å². The Balaban J connectivity index is 1.48. The fraction of sp³-hybridized carbons (Fsp3) is 0.400. The van der Waals surface area contributed by atoms with E-state index in [0.717, 1.165) is 22.3 Å². The SMILES string of the molecule is Cc1nc(CNC2CC(c3cccc(Cl)c3)C2)cs1. The molecule has 1 aliphatic carbocycles. The minimum atomic E-state index is 0.617. The monoisotopic (exact) mass is 292 g/mol. The first-order chi connectivity index (χ1) is 9.20. The predicted octanol–water partition coefficient (Wildman–Crippen LogP) is 4.14. The first-order valence-corrected chi connectivity index (χ1v) is 7.86. The summed E-state index contributed by atoms with van der Waals surface area (Å²) >= 11 is 7.74. The van der Waals surface area contributed by atoms with Gasteiger partial charge in [0.1, 0.15) is 0 Å². The second-order valence-electron chi connectivity index (χ2n) is 5.16. The zero-order valence-electron chi connectivity index (χ0n) is 10.9. The lowest BCUT2D eigenvalue weighted by atomic mass is 9.76. The van der Waals surface area contributed by atoms with Crippen molar-refractivity contribution in [3.05, 3.63) is 50.9 Å². The highest BCUT2D eigenvalue weighted by Gasteiger charge is 2.29. The number of halogens is 1. The van der Waals surface area contributed by atoms with Crippen molar-refractivity contribution in [2.24, 2.45) is 0 Å². The highest BCUT2D eigenvalue weighted by atomic mass is 35.5. The standard InChI is InChI=1S/C15H17ClN2S/c1-10-18-15(9-19-10)8-17-14-6-12(7-14)11-3-2-4-13(16)5-11/h2-5,9,12,14,17H,6-8H2,1H3. The molecule has 2 aromatic rings. The van der Waals surface area contributed by atoms with Crippen LogP contribution in [0.25, 0.3) is 0 Å². The molecule has 1 aromatic carbocycles. The molecular formula is C15H17ClN2S. The van der Waals surface area contributed by atoms with Gasteiger partial charge in [-0.15, -0.1) is 11.3 Å². The summed E-state index contributed by atoms with van der Waals surface area (Å²) in [5.41, 5.74) is 2.53. The number of hydrogen-bond donors (Lipinski definition) is 1. The Kier molecular flexibility index (Phi) is 3.87. The summed E-state index contributed by atoms with van der Waals surface area (Å²) in [5, 5.41) is 7.69. The van der Waals surface area contributed by atoms with E-state index in [9.17, 15) is 0 Å². The van der Waals surface area contributed by atoms with Crippen LogP contribution in [-0.2, 0) is 6.54 Å². The zero-order chi connectivity index (χ0) is 13.2. The largest absolute Gasteiger partial charge is 0.308 e. The molecule has 0 unspecified atom stereocenters. The molecule has 1 aliphatic rings. The van der Waals surface area contributed by atoms with Gasteiger partial charge in [-0.05, 0) is 43.4 Å². The average molecular weight is 293 g/mol. The number of nitrogens with one attached hydrogen (secondary N) is 1. The molecule has 100 valence electrons. The summed E-state index contributed by atoms with van der Waals surface area (Å²) in [4.78, 5) is 4.47. The van der Waals surface area contributed by atoms with E-state index < -0.39 is 0 Å². The molecule has 0 aliphatic heterocycles. The maximum atomic E-state index is 6.03. The Hall–Kier alpha value is -0.900. The highest BCUT2D eigenvalue weighted by Crippen LogP contribution is 2.37. The number of nitrogens with zero attached hydrogens (tertiary/aromatic N) is 1. The van der Waals surface area contributed by atoms with Crippen LogP contribution in [0.5, 0.6) is 0 Å². The van der Waals surface area contributed by atoms with Crippen LogP contribution >= 0.6 is 22.9 Å². The van der Waals surface area contributed by atoms with Crippen molar-refractivity contribution in [2.45, 2.75) is 38.3 Å². The summed E-state index contributed by atoms with van der Waals surface area (Å²) in [6, 6.07) is 8.86. The Labute approximate surface area is 122 Å². The maximum Gasteiger partial charge on any atom is 0.0897 e. The summed E-state index contributed by atoms with van der Waals surface area (Å²) in [6.45, 7) is 2.93. The van der Waals surface area contributed by atoms with E-state index in [0.29, 0.717) is 12.0 Å². The molecular weight excluding hydrogens is 276 g/mol. The first-order valence-electron chi connectivity index (χ1n) is 6.60. The Morgan fingerprint density at radius 1 is 1.42 bits per heavy atom. The van der Waals surface area contributed by atoms with Crippen molar-refractivity contribution in [2.75, 3.05) is 0 Å². The van der Waals surface area contributed by atoms with Crippen LogP contribution in [0.15, 0.2) is 29.6 Å². The van der Waals surface area contributed by atoms with Crippen molar-refractivity contribution in [3.8, 4) is 0 Å². The van der Waals surface area contributed by atoms with Gasteiger partial charge in [0.05, 0.1) is 10.7 Å². The summed E-state index contributed by atoms with van der Waals surface area (Å²) in [7, 11) is 0. The molecule has 1 N–H and O–H groups in total. The molecule has 0 atom stereocenters.